The second-order valence-corrected chi connectivity index (χ2v) is 3.90. The van der Waals surface area contributed by atoms with E-state index < -0.39 is 5.97 Å². The summed E-state index contributed by atoms with van der Waals surface area (Å²) < 4.78 is 13.2. The lowest BCUT2D eigenvalue weighted by Crippen LogP contribution is -1.95. The van der Waals surface area contributed by atoms with Crippen molar-refractivity contribution < 1.29 is 14.3 Å². The fraction of sp³-hybridized carbons (Fsp3) is 0.0714. The highest BCUT2D eigenvalue weighted by Gasteiger charge is 2.04. The van der Waals surface area contributed by atoms with E-state index in [1.54, 1.807) is 12.1 Å². The van der Waals surface area contributed by atoms with Crippen LogP contribution in [-0.2, 0) is 0 Å². The Hall–Kier alpha value is -2.16. The van der Waals surface area contributed by atoms with E-state index in [1.807, 2.05) is 13.0 Å². The lowest BCUT2D eigenvalue weighted by Gasteiger charge is -2.04. The number of hydrogen-bond acceptors (Lipinski definition) is 1. The third kappa shape index (κ3) is 2.50. The molecule has 0 saturated carbocycles. The van der Waals surface area contributed by atoms with Crippen molar-refractivity contribution in [3.8, 4) is 11.1 Å². The van der Waals surface area contributed by atoms with E-state index in [4.69, 9.17) is 5.11 Å². The number of benzene rings is 2. The lowest BCUT2D eigenvalue weighted by molar-refractivity contribution is 0.0697. The molecule has 0 aromatic heterocycles. The zero-order chi connectivity index (χ0) is 12.4. The Kier molecular flexibility index (Phi) is 2.91. The first kappa shape index (κ1) is 11.3. The molecular formula is C14H11FO2. The van der Waals surface area contributed by atoms with Gasteiger partial charge in [0.2, 0.25) is 0 Å². The second kappa shape index (κ2) is 4.37. The summed E-state index contributed by atoms with van der Waals surface area (Å²) in [4.78, 5) is 10.7. The van der Waals surface area contributed by atoms with Gasteiger partial charge in [0.05, 0.1) is 5.56 Å². The van der Waals surface area contributed by atoms with Gasteiger partial charge in [-0.3, -0.25) is 0 Å². The average molecular weight is 230 g/mol. The molecule has 2 rings (SSSR count). The van der Waals surface area contributed by atoms with Crippen LogP contribution in [0.5, 0.6) is 0 Å². The Morgan fingerprint density at radius 2 is 1.71 bits per heavy atom. The zero-order valence-electron chi connectivity index (χ0n) is 9.27. The van der Waals surface area contributed by atoms with Gasteiger partial charge in [-0.1, -0.05) is 18.2 Å². The number of aryl methyl sites for hydroxylation is 1. The van der Waals surface area contributed by atoms with Crippen molar-refractivity contribution in [1.29, 1.82) is 0 Å². The molecule has 0 spiro atoms. The molecule has 0 unspecified atom stereocenters. The van der Waals surface area contributed by atoms with Crippen LogP contribution in [0.25, 0.3) is 11.1 Å². The van der Waals surface area contributed by atoms with Gasteiger partial charge in [0.1, 0.15) is 5.82 Å². The van der Waals surface area contributed by atoms with Crippen LogP contribution in [0.1, 0.15) is 15.9 Å². The Morgan fingerprint density at radius 3 is 2.24 bits per heavy atom. The topological polar surface area (TPSA) is 37.3 Å². The zero-order valence-corrected chi connectivity index (χ0v) is 9.27. The summed E-state index contributed by atoms with van der Waals surface area (Å²) in [5.41, 5.74) is 2.61. The number of hydrogen-bond donors (Lipinski definition) is 1. The molecule has 3 heteroatoms. The number of carboxylic acid groups (broad SMARTS) is 1. The van der Waals surface area contributed by atoms with Crippen molar-refractivity contribution in [2.45, 2.75) is 6.92 Å². The number of halogens is 1. The van der Waals surface area contributed by atoms with E-state index in [-0.39, 0.29) is 11.4 Å². The molecule has 0 bridgehead atoms. The van der Waals surface area contributed by atoms with Gasteiger partial charge in [-0.25, -0.2) is 9.18 Å². The third-order valence-corrected chi connectivity index (χ3v) is 2.51. The fourth-order valence-electron chi connectivity index (χ4n) is 1.71. The molecule has 0 aliphatic carbocycles. The van der Waals surface area contributed by atoms with Crippen LogP contribution in [0.3, 0.4) is 0 Å². The van der Waals surface area contributed by atoms with Gasteiger partial charge in [-0.05, 0) is 47.9 Å². The number of rotatable bonds is 2. The van der Waals surface area contributed by atoms with Crippen LogP contribution in [0.15, 0.2) is 42.5 Å². The first-order valence-electron chi connectivity index (χ1n) is 5.17. The minimum absolute atomic E-state index is 0.224. The van der Waals surface area contributed by atoms with Gasteiger partial charge >= 0.3 is 5.97 Å². The average Bonchev–Trinajstić information content (AvgIpc) is 2.28. The molecule has 0 aliphatic heterocycles. The summed E-state index contributed by atoms with van der Waals surface area (Å²) >= 11 is 0. The normalized spacial score (nSPS) is 10.2. The molecule has 17 heavy (non-hydrogen) atoms. The molecule has 0 atom stereocenters. The maximum absolute atomic E-state index is 13.2. The van der Waals surface area contributed by atoms with Crippen LogP contribution >= 0.6 is 0 Å². The smallest absolute Gasteiger partial charge is 0.335 e. The Morgan fingerprint density at radius 1 is 1.06 bits per heavy atom. The van der Waals surface area contributed by atoms with Gasteiger partial charge in [-0.2, -0.15) is 0 Å². The van der Waals surface area contributed by atoms with Gasteiger partial charge in [0.25, 0.3) is 0 Å². The SMILES string of the molecule is Cc1cc(F)cc(-c2ccc(C(=O)O)cc2)c1. The molecule has 0 saturated heterocycles. The molecule has 2 aromatic rings. The van der Waals surface area contributed by atoms with E-state index in [9.17, 15) is 9.18 Å². The van der Waals surface area contributed by atoms with E-state index in [0.29, 0.717) is 0 Å². The van der Waals surface area contributed by atoms with Crippen LogP contribution in [-0.4, -0.2) is 11.1 Å². The molecule has 1 N–H and O–H groups in total. The predicted molar refractivity (Wildman–Crippen MR) is 63.5 cm³/mol. The molecule has 0 fully saturated rings. The molecule has 0 aliphatic rings. The van der Waals surface area contributed by atoms with Crippen LogP contribution in [0.2, 0.25) is 0 Å². The highest BCUT2D eigenvalue weighted by Crippen LogP contribution is 2.22. The predicted octanol–water partition coefficient (Wildman–Crippen LogP) is 3.50. The monoisotopic (exact) mass is 230 g/mol. The number of carboxylic acids is 1. The Bertz CT molecular complexity index is 539. The first-order valence-corrected chi connectivity index (χ1v) is 5.17. The van der Waals surface area contributed by atoms with Crippen molar-refractivity contribution >= 4 is 5.97 Å². The van der Waals surface area contributed by atoms with Crippen LogP contribution in [0, 0.1) is 12.7 Å². The molecule has 0 amide bonds. The molecular weight excluding hydrogens is 219 g/mol. The maximum atomic E-state index is 13.2. The van der Waals surface area contributed by atoms with Crippen molar-refractivity contribution in [2.24, 2.45) is 0 Å². The third-order valence-electron chi connectivity index (χ3n) is 2.51. The quantitative estimate of drug-likeness (QED) is 0.857. The number of carbonyl (C=O) groups is 1. The number of aromatic carboxylic acids is 1. The van der Waals surface area contributed by atoms with Gasteiger partial charge in [0.15, 0.2) is 0 Å². The maximum Gasteiger partial charge on any atom is 0.335 e. The first-order chi connectivity index (χ1) is 8.06. The molecule has 0 heterocycles. The van der Waals surface area contributed by atoms with Gasteiger partial charge in [0, 0.05) is 0 Å². The van der Waals surface area contributed by atoms with Gasteiger partial charge < -0.3 is 5.11 Å². The van der Waals surface area contributed by atoms with E-state index in [2.05, 4.69) is 0 Å². The minimum Gasteiger partial charge on any atom is -0.478 e. The van der Waals surface area contributed by atoms with Crippen molar-refractivity contribution in [3.63, 3.8) is 0 Å². The standard InChI is InChI=1S/C14H11FO2/c1-9-6-12(8-13(15)7-9)10-2-4-11(5-3-10)14(16)17/h2-8H,1H3,(H,16,17). The van der Waals surface area contributed by atoms with E-state index in [0.717, 1.165) is 16.7 Å². The van der Waals surface area contributed by atoms with Crippen molar-refractivity contribution in [2.75, 3.05) is 0 Å². The Balaban J connectivity index is 2.43. The van der Waals surface area contributed by atoms with Crippen molar-refractivity contribution in [3.05, 3.63) is 59.4 Å². The summed E-state index contributed by atoms with van der Waals surface area (Å²) in [6.07, 6.45) is 0. The highest BCUT2D eigenvalue weighted by molar-refractivity contribution is 5.88. The second-order valence-electron chi connectivity index (χ2n) is 3.90. The molecule has 0 radical (unpaired) electrons. The summed E-state index contributed by atoms with van der Waals surface area (Å²) in [5.74, 6) is -1.26. The van der Waals surface area contributed by atoms with Crippen molar-refractivity contribution in [1.82, 2.24) is 0 Å². The largest absolute Gasteiger partial charge is 0.478 e. The fourth-order valence-corrected chi connectivity index (χ4v) is 1.71. The lowest BCUT2D eigenvalue weighted by atomic mass is 10.0. The van der Waals surface area contributed by atoms with Gasteiger partial charge in [-0.15, -0.1) is 0 Å². The highest BCUT2D eigenvalue weighted by atomic mass is 19.1. The van der Waals surface area contributed by atoms with E-state index >= 15 is 0 Å². The van der Waals surface area contributed by atoms with E-state index in [1.165, 1.54) is 24.3 Å². The Labute approximate surface area is 98.3 Å². The summed E-state index contributed by atoms with van der Waals surface area (Å²) in [6.45, 7) is 1.82. The molecule has 86 valence electrons. The van der Waals surface area contributed by atoms with Crippen LogP contribution in [0.4, 0.5) is 4.39 Å². The molecule has 2 aromatic carbocycles. The summed E-state index contributed by atoms with van der Waals surface area (Å²) in [6, 6.07) is 11.1. The summed E-state index contributed by atoms with van der Waals surface area (Å²) in [7, 11) is 0. The van der Waals surface area contributed by atoms with Crippen LogP contribution < -0.4 is 0 Å². The summed E-state index contributed by atoms with van der Waals surface area (Å²) in [5, 5.41) is 8.77. The molecule has 2 nitrogen and oxygen atoms in total. The minimum atomic E-state index is -0.966.